The Labute approximate surface area is 140 Å². The third kappa shape index (κ3) is 5.87. The summed E-state index contributed by atoms with van der Waals surface area (Å²) in [7, 11) is 3.47. The molecular formula is C19H30N2O2. The Kier molecular flexibility index (Phi) is 7.40. The molecule has 0 amide bonds. The SMILES string of the molecule is COC[C@@H]1CCCN1/N=C/[C@@H](C)CCCc1ccc(OC)cc1. The average Bonchev–Trinajstić information content (AvgIpc) is 3.01. The lowest BCUT2D eigenvalue weighted by Gasteiger charge is -2.21. The van der Waals surface area contributed by atoms with Crippen molar-refractivity contribution in [2.75, 3.05) is 27.4 Å². The van der Waals surface area contributed by atoms with Crippen LogP contribution in [0.5, 0.6) is 5.75 Å². The van der Waals surface area contributed by atoms with Crippen molar-refractivity contribution >= 4 is 6.21 Å². The highest BCUT2D eigenvalue weighted by Gasteiger charge is 2.22. The molecule has 0 N–H and O–H groups in total. The molecule has 1 aromatic rings. The third-order valence-electron chi connectivity index (χ3n) is 4.46. The normalized spacial score (nSPS) is 19.4. The van der Waals surface area contributed by atoms with Crippen LogP contribution in [0.15, 0.2) is 29.4 Å². The lowest BCUT2D eigenvalue weighted by molar-refractivity contribution is 0.118. The Hall–Kier alpha value is -1.55. The average molecular weight is 318 g/mol. The predicted octanol–water partition coefficient (Wildman–Crippen LogP) is 3.75. The van der Waals surface area contributed by atoms with Crippen LogP contribution in [-0.4, -0.2) is 44.6 Å². The Bertz CT molecular complexity index is 473. The first kappa shape index (κ1) is 17.8. The van der Waals surface area contributed by atoms with Crippen molar-refractivity contribution in [3.63, 3.8) is 0 Å². The van der Waals surface area contributed by atoms with Gasteiger partial charge in [0.15, 0.2) is 0 Å². The number of aryl methyl sites for hydroxylation is 1. The third-order valence-corrected chi connectivity index (χ3v) is 4.46. The summed E-state index contributed by atoms with van der Waals surface area (Å²) in [6, 6.07) is 8.82. The molecule has 4 nitrogen and oxygen atoms in total. The summed E-state index contributed by atoms with van der Waals surface area (Å²) in [6.07, 6.45) is 7.98. The maximum atomic E-state index is 5.27. The van der Waals surface area contributed by atoms with Gasteiger partial charge in [-0.3, -0.25) is 5.01 Å². The van der Waals surface area contributed by atoms with Gasteiger partial charge in [-0.15, -0.1) is 0 Å². The number of methoxy groups -OCH3 is 2. The van der Waals surface area contributed by atoms with E-state index in [4.69, 9.17) is 9.47 Å². The summed E-state index contributed by atoms with van der Waals surface area (Å²) in [5.41, 5.74) is 1.37. The molecular weight excluding hydrogens is 288 g/mol. The topological polar surface area (TPSA) is 34.1 Å². The molecule has 0 unspecified atom stereocenters. The second-order valence-corrected chi connectivity index (χ2v) is 6.40. The van der Waals surface area contributed by atoms with E-state index < -0.39 is 0 Å². The summed E-state index contributed by atoms with van der Waals surface area (Å²) in [6.45, 7) is 4.09. The van der Waals surface area contributed by atoms with Crippen LogP contribution in [0.1, 0.15) is 38.2 Å². The van der Waals surface area contributed by atoms with Crippen LogP contribution >= 0.6 is 0 Å². The van der Waals surface area contributed by atoms with Crippen LogP contribution in [0.3, 0.4) is 0 Å². The molecule has 0 aliphatic carbocycles. The molecule has 1 aromatic carbocycles. The molecule has 0 radical (unpaired) electrons. The molecule has 1 heterocycles. The first-order valence-corrected chi connectivity index (χ1v) is 8.65. The van der Waals surface area contributed by atoms with Crippen molar-refractivity contribution in [3.05, 3.63) is 29.8 Å². The van der Waals surface area contributed by atoms with Gasteiger partial charge in [0.1, 0.15) is 5.75 Å². The standard InChI is InChI=1S/C19H30N2O2/c1-16(14-20-21-13-5-8-18(21)15-22-2)6-4-7-17-9-11-19(23-3)12-10-17/h9-12,14,16,18H,4-8,13,15H2,1-3H3/b20-14+/t16-,18-/m0/s1. The maximum absolute atomic E-state index is 5.27. The molecule has 23 heavy (non-hydrogen) atoms. The van der Waals surface area contributed by atoms with Crippen molar-refractivity contribution in [2.24, 2.45) is 11.0 Å². The Morgan fingerprint density at radius 3 is 2.78 bits per heavy atom. The highest BCUT2D eigenvalue weighted by atomic mass is 16.5. The minimum atomic E-state index is 0.461. The Balaban J connectivity index is 1.69. The van der Waals surface area contributed by atoms with E-state index in [0.29, 0.717) is 12.0 Å². The van der Waals surface area contributed by atoms with Crippen molar-refractivity contribution in [2.45, 2.75) is 45.1 Å². The fourth-order valence-corrected chi connectivity index (χ4v) is 3.03. The van der Waals surface area contributed by atoms with Crippen molar-refractivity contribution in [1.82, 2.24) is 5.01 Å². The van der Waals surface area contributed by atoms with Gasteiger partial charge in [0.2, 0.25) is 0 Å². The number of rotatable bonds is 9. The van der Waals surface area contributed by atoms with Crippen LogP contribution < -0.4 is 4.74 Å². The molecule has 1 saturated heterocycles. The number of benzene rings is 1. The van der Waals surface area contributed by atoms with Gasteiger partial charge in [-0.05, 0) is 55.7 Å². The van der Waals surface area contributed by atoms with Crippen molar-refractivity contribution < 1.29 is 9.47 Å². The largest absolute Gasteiger partial charge is 0.497 e. The van der Waals surface area contributed by atoms with Gasteiger partial charge in [-0.2, -0.15) is 5.10 Å². The lowest BCUT2D eigenvalue weighted by atomic mass is 10.0. The van der Waals surface area contributed by atoms with E-state index >= 15 is 0 Å². The van der Waals surface area contributed by atoms with Crippen molar-refractivity contribution in [1.29, 1.82) is 0 Å². The van der Waals surface area contributed by atoms with E-state index in [0.717, 1.165) is 31.7 Å². The summed E-state index contributed by atoms with van der Waals surface area (Å²) < 4.78 is 10.5. The van der Waals surface area contributed by atoms with Gasteiger partial charge in [-0.1, -0.05) is 19.1 Å². The molecule has 4 heteroatoms. The molecule has 2 atom stereocenters. The Morgan fingerprint density at radius 1 is 1.30 bits per heavy atom. The van der Waals surface area contributed by atoms with E-state index in [9.17, 15) is 0 Å². The first-order valence-electron chi connectivity index (χ1n) is 8.65. The van der Waals surface area contributed by atoms with E-state index in [2.05, 4.69) is 35.4 Å². The van der Waals surface area contributed by atoms with Crippen LogP contribution in [0.25, 0.3) is 0 Å². The molecule has 128 valence electrons. The van der Waals surface area contributed by atoms with Gasteiger partial charge in [0.05, 0.1) is 19.8 Å². The highest BCUT2D eigenvalue weighted by Crippen LogP contribution is 2.18. The van der Waals surface area contributed by atoms with E-state index in [1.165, 1.54) is 24.8 Å². The molecule has 0 spiro atoms. The van der Waals surface area contributed by atoms with E-state index in [1.54, 1.807) is 14.2 Å². The molecule has 1 aliphatic rings. The smallest absolute Gasteiger partial charge is 0.118 e. The molecule has 0 saturated carbocycles. The first-order chi connectivity index (χ1) is 11.2. The molecule has 0 bridgehead atoms. The summed E-state index contributed by atoms with van der Waals surface area (Å²) in [4.78, 5) is 0. The number of hydrogen-bond acceptors (Lipinski definition) is 4. The zero-order chi connectivity index (χ0) is 16.5. The quantitative estimate of drug-likeness (QED) is 0.650. The second kappa shape index (κ2) is 9.56. The number of hydrazone groups is 1. The molecule has 0 aromatic heterocycles. The van der Waals surface area contributed by atoms with E-state index in [1.807, 2.05) is 12.1 Å². The van der Waals surface area contributed by atoms with Gasteiger partial charge in [0.25, 0.3) is 0 Å². The lowest BCUT2D eigenvalue weighted by Crippen LogP contribution is -2.28. The molecule has 1 fully saturated rings. The number of nitrogens with zero attached hydrogens (tertiary/aromatic N) is 2. The maximum Gasteiger partial charge on any atom is 0.118 e. The number of ether oxygens (including phenoxy) is 2. The molecule has 1 aliphatic heterocycles. The molecule has 2 rings (SSSR count). The minimum Gasteiger partial charge on any atom is -0.497 e. The summed E-state index contributed by atoms with van der Waals surface area (Å²) in [5, 5.41) is 6.88. The monoisotopic (exact) mass is 318 g/mol. The van der Waals surface area contributed by atoms with Crippen LogP contribution in [0, 0.1) is 5.92 Å². The van der Waals surface area contributed by atoms with Crippen molar-refractivity contribution in [3.8, 4) is 5.75 Å². The van der Waals surface area contributed by atoms with Crippen LogP contribution in [-0.2, 0) is 11.2 Å². The van der Waals surface area contributed by atoms with Crippen LogP contribution in [0.4, 0.5) is 0 Å². The van der Waals surface area contributed by atoms with Gasteiger partial charge in [0, 0.05) is 19.9 Å². The summed E-state index contributed by atoms with van der Waals surface area (Å²) in [5.74, 6) is 1.43. The second-order valence-electron chi connectivity index (χ2n) is 6.40. The predicted molar refractivity (Wildman–Crippen MR) is 95.2 cm³/mol. The summed E-state index contributed by atoms with van der Waals surface area (Å²) >= 11 is 0. The van der Waals surface area contributed by atoms with Gasteiger partial charge in [-0.25, -0.2) is 0 Å². The zero-order valence-corrected chi connectivity index (χ0v) is 14.7. The number of hydrogen-bond donors (Lipinski definition) is 0. The highest BCUT2D eigenvalue weighted by molar-refractivity contribution is 5.59. The Morgan fingerprint density at radius 2 is 2.09 bits per heavy atom. The fraction of sp³-hybridized carbons (Fsp3) is 0.632. The van der Waals surface area contributed by atoms with E-state index in [-0.39, 0.29) is 0 Å². The zero-order valence-electron chi connectivity index (χ0n) is 14.7. The van der Waals surface area contributed by atoms with Gasteiger partial charge >= 0.3 is 0 Å². The van der Waals surface area contributed by atoms with Gasteiger partial charge < -0.3 is 9.47 Å². The fourth-order valence-electron chi connectivity index (χ4n) is 3.03. The minimum absolute atomic E-state index is 0.461. The van der Waals surface area contributed by atoms with Crippen LogP contribution in [0.2, 0.25) is 0 Å².